The van der Waals surface area contributed by atoms with Gasteiger partial charge in [-0.05, 0) is 45.4 Å². The molecule has 0 aliphatic carbocycles. The van der Waals surface area contributed by atoms with Crippen molar-refractivity contribution < 1.29 is 0 Å². The molecule has 0 atom stereocenters. The molecular weight excluding hydrogens is 320 g/mol. The smallest absolute Gasteiger partial charge is 0.206 e. The second kappa shape index (κ2) is 9.97. The van der Waals surface area contributed by atoms with Gasteiger partial charge in [-0.2, -0.15) is 0 Å². The van der Waals surface area contributed by atoms with Crippen molar-refractivity contribution in [3.63, 3.8) is 0 Å². The van der Waals surface area contributed by atoms with E-state index in [1.807, 2.05) is 38.3 Å². The van der Waals surface area contributed by atoms with Gasteiger partial charge in [0.15, 0.2) is 0 Å². The first-order chi connectivity index (χ1) is 12.6. The molecule has 0 aromatic carbocycles. The molecular formula is C22H32N4. The molecule has 1 aromatic rings. The van der Waals surface area contributed by atoms with Crippen LogP contribution in [0.4, 0.5) is 5.95 Å². The van der Waals surface area contributed by atoms with E-state index in [-0.39, 0.29) is 0 Å². The summed E-state index contributed by atoms with van der Waals surface area (Å²) in [6.07, 6.45) is 16.2. The van der Waals surface area contributed by atoms with Crippen molar-refractivity contribution in [3.05, 3.63) is 66.6 Å². The van der Waals surface area contributed by atoms with E-state index in [2.05, 4.69) is 47.0 Å². The van der Waals surface area contributed by atoms with Crippen LogP contribution in [0, 0.1) is 6.92 Å². The molecule has 0 saturated carbocycles. The molecule has 4 nitrogen and oxygen atoms in total. The van der Waals surface area contributed by atoms with Crippen LogP contribution in [-0.2, 0) is 6.54 Å². The molecule has 0 bridgehead atoms. The van der Waals surface area contributed by atoms with E-state index < -0.39 is 0 Å². The minimum Gasteiger partial charge on any atom is -0.342 e. The van der Waals surface area contributed by atoms with Gasteiger partial charge in [-0.15, -0.1) is 0 Å². The number of nitrogens with one attached hydrogen (secondary N) is 1. The van der Waals surface area contributed by atoms with Crippen LogP contribution in [0.2, 0.25) is 0 Å². The molecule has 0 radical (unpaired) electrons. The summed E-state index contributed by atoms with van der Waals surface area (Å²) in [4.78, 5) is 7.35. The highest BCUT2D eigenvalue weighted by atomic mass is 15.3. The van der Waals surface area contributed by atoms with Crippen molar-refractivity contribution in [2.45, 2.75) is 39.3 Å². The third-order valence-corrected chi connectivity index (χ3v) is 4.92. The molecule has 140 valence electrons. The Bertz CT molecular complexity index is 698. The lowest BCUT2D eigenvalue weighted by molar-refractivity contribution is 0.436. The predicted octanol–water partition coefficient (Wildman–Crippen LogP) is 4.27. The first-order valence-corrected chi connectivity index (χ1v) is 9.37. The minimum atomic E-state index is 0.606. The van der Waals surface area contributed by atoms with Crippen LogP contribution >= 0.6 is 0 Å². The van der Waals surface area contributed by atoms with Crippen LogP contribution in [-0.4, -0.2) is 35.7 Å². The first-order valence-electron chi connectivity index (χ1n) is 9.37. The molecule has 2 heterocycles. The van der Waals surface area contributed by atoms with E-state index >= 15 is 0 Å². The molecule has 26 heavy (non-hydrogen) atoms. The Morgan fingerprint density at radius 3 is 2.58 bits per heavy atom. The zero-order valence-electron chi connectivity index (χ0n) is 16.4. The highest BCUT2D eigenvalue weighted by Crippen LogP contribution is 2.25. The summed E-state index contributed by atoms with van der Waals surface area (Å²) < 4.78 is 2.31. The minimum absolute atomic E-state index is 0.606. The number of hydrogen-bond donors (Lipinski definition) is 1. The Balaban J connectivity index is 2.37. The van der Waals surface area contributed by atoms with E-state index in [9.17, 15) is 0 Å². The Kier molecular flexibility index (Phi) is 7.67. The highest BCUT2D eigenvalue weighted by Gasteiger charge is 2.23. The summed E-state index contributed by atoms with van der Waals surface area (Å²) >= 11 is 0. The standard InChI is InChI=1S/C22H32N4/c1-6-9-11-19(8-3)17-26-18(4)21(12-10-7-2)24-22(26)25-15-13-20(23-5)14-16-25/h6-12,20,23H,2-3,13-17H2,1,4-5H3/b9-6-,12-10-,19-11+. The molecule has 0 amide bonds. The Hall–Kier alpha value is -2.33. The number of anilines is 1. The van der Waals surface area contributed by atoms with Crippen molar-refractivity contribution in [1.82, 2.24) is 14.9 Å². The van der Waals surface area contributed by atoms with Gasteiger partial charge in [0.1, 0.15) is 0 Å². The predicted molar refractivity (Wildman–Crippen MR) is 114 cm³/mol. The number of rotatable bonds is 8. The first kappa shape index (κ1) is 20.0. The number of nitrogens with zero attached hydrogens (tertiary/aromatic N) is 3. The number of imidazole rings is 1. The van der Waals surface area contributed by atoms with E-state index in [4.69, 9.17) is 4.98 Å². The van der Waals surface area contributed by atoms with Gasteiger partial charge in [0.2, 0.25) is 5.95 Å². The second-order valence-electron chi connectivity index (χ2n) is 6.58. The fraction of sp³-hybridized carbons (Fsp3) is 0.409. The molecule has 4 heteroatoms. The molecule has 0 spiro atoms. The monoisotopic (exact) mass is 352 g/mol. The summed E-state index contributed by atoms with van der Waals surface area (Å²) in [5.74, 6) is 1.05. The van der Waals surface area contributed by atoms with Gasteiger partial charge < -0.3 is 14.8 Å². The second-order valence-corrected chi connectivity index (χ2v) is 6.58. The van der Waals surface area contributed by atoms with Crippen molar-refractivity contribution >= 4 is 12.0 Å². The normalized spacial score (nSPS) is 16.7. The summed E-state index contributed by atoms with van der Waals surface area (Å²) in [5.41, 5.74) is 3.35. The molecule has 1 saturated heterocycles. The number of allylic oxidation sites excluding steroid dienone is 7. The van der Waals surface area contributed by atoms with Crippen LogP contribution in [0.5, 0.6) is 0 Å². The van der Waals surface area contributed by atoms with Crippen LogP contribution in [0.1, 0.15) is 31.2 Å². The lowest BCUT2D eigenvalue weighted by Gasteiger charge is -2.33. The largest absolute Gasteiger partial charge is 0.342 e. The topological polar surface area (TPSA) is 33.1 Å². The summed E-state index contributed by atoms with van der Waals surface area (Å²) in [7, 11) is 2.05. The van der Waals surface area contributed by atoms with Gasteiger partial charge in [-0.3, -0.25) is 0 Å². The Morgan fingerprint density at radius 1 is 1.27 bits per heavy atom. The lowest BCUT2D eigenvalue weighted by Crippen LogP contribution is -2.42. The van der Waals surface area contributed by atoms with Gasteiger partial charge in [0, 0.05) is 24.8 Å². The SMILES string of the molecule is C=C/C=C\c1nc(N2CCC(NC)CC2)n(C/C(C=C)=C/C=C\C)c1C. The van der Waals surface area contributed by atoms with Crippen molar-refractivity contribution in [3.8, 4) is 0 Å². The molecule has 1 N–H and O–H groups in total. The van der Waals surface area contributed by atoms with E-state index in [0.29, 0.717) is 6.04 Å². The quantitative estimate of drug-likeness (QED) is 0.709. The molecule has 2 rings (SSSR count). The molecule has 1 aromatic heterocycles. The Morgan fingerprint density at radius 2 is 2.00 bits per heavy atom. The van der Waals surface area contributed by atoms with Gasteiger partial charge in [0.05, 0.1) is 12.2 Å². The van der Waals surface area contributed by atoms with Crippen molar-refractivity contribution in [2.75, 3.05) is 25.0 Å². The molecule has 1 fully saturated rings. The lowest BCUT2D eigenvalue weighted by atomic mass is 10.1. The van der Waals surface area contributed by atoms with Gasteiger partial charge >= 0.3 is 0 Å². The maximum Gasteiger partial charge on any atom is 0.206 e. The van der Waals surface area contributed by atoms with Crippen LogP contribution in [0.25, 0.3) is 6.08 Å². The maximum absolute atomic E-state index is 4.94. The van der Waals surface area contributed by atoms with Gasteiger partial charge in [-0.1, -0.05) is 49.6 Å². The van der Waals surface area contributed by atoms with Crippen LogP contribution < -0.4 is 10.2 Å². The highest BCUT2D eigenvalue weighted by molar-refractivity contribution is 5.54. The summed E-state index contributed by atoms with van der Waals surface area (Å²) in [5, 5.41) is 3.39. The third kappa shape index (κ3) is 4.85. The molecule has 0 unspecified atom stereocenters. The fourth-order valence-corrected chi connectivity index (χ4v) is 3.24. The zero-order chi connectivity index (χ0) is 18.9. The average molecular weight is 353 g/mol. The van der Waals surface area contributed by atoms with Gasteiger partial charge in [-0.25, -0.2) is 4.98 Å². The van der Waals surface area contributed by atoms with E-state index in [1.165, 1.54) is 11.3 Å². The maximum atomic E-state index is 4.94. The number of hydrogen-bond acceptors (Lipinski definition) is 3. The van der Waals surface area contributed by atoms with Crippen LogP contribution in [0.3, 0.4) is 0 Å². The van der Waals surface area contributed by atoms with Crippen molar-refractivity contribution in [1.29, 1.82) is 0 Å². The summed E-state index contributed by atoms with van der Waals surface area (Å²) in [6, 6.07) is 0.606. The summed E-state index contributed by atoms with van der Waals surface area (Å²) in [6.45, 7) is 14.7. The van der Waals surface area contributed by atoms with Crippen molar-refractivity contribution in [2.24, 2.45) is 0 Å². The van der Waals surface area contributed by atoms with E-state index in [1.54, 1.807) is 6.08 Å². The zero-order valence-corrected chi connectivity index (χ0v) is 16.4. The number of piperidine rings is 1. The molecule has 1 aliphatic heterocycles. The Labute approximate surface area is 158 Å². The van der Waals surface area contributed by atoms with Gasteiger partial charge in [0.25, 0.3) is 0 Å². The third-order valence-electron chi connectivity index (χ3n) is 4.92. The van der Waals surface area contributed by atoms with E-state index in [0.717, 1.165) is 44.1 Å². The average Bonchev–Trinajstić information content (AvgIpc) is 2.99. The molecule has 1 aliphatic rings. The fourth-order valence-electron chi connectivity index (χ4n) is 3.24. The number of aromatic nitrogens is 2. The van der Waals surface area contributed by atoms with Crippen LogP contribution in [0.15, 0.2) is 55.2 Å².